The number of ether oxygens (including phenoxy) is 1. The van der Waals surface area contributed by atoms with E-state index in [-0.39, 0.29) is 30.1 Å². The molecular formula is C25H18Br2FNO3S. The van der Waals surface area contributed by atoms with Crippen molar-refractivity contribution in [2.75, 3.05) is 0 Å². The van der Waals surface area contributed by atoms with Gasteiger partial charge in [0.1, 0.15) is 18.2 Å². The van der Waals surface area contributed by atoms with Gasteiger partial charge in [0.05, 0.1) is 20.4 Å². The van der Waals surface area contributed by atoms with Crippen LogP contribution in [-0.2, 0) is 17.9 Å². The normalized spacial score (nSPS) is 14.9. The number of carbonyl (C=O) groups excluding carboxylic acids is 2. The highest BCUT2D eigenvalue weighted by Gasteiger charge is 2.35. The number of hydrogen-bond acceptors (Lipinski definition) is 4. The van der Waals surface area contributed by atoms with Crippen LogP contribution >= 0.6 is 43.6 Å². The van der Waals surface area contributed by atoms with Gasteiger partial charge in [-0.1, -0.05) is 36.4 Å². The van der Waals surface area contributed by atoms with Crippen molar-refractivity contribution >= 4 is 60.8 Å². The number of hydrogen-bond donors (Lipinski definition) is 0. The molecule has 0 bridgehead atoms. The van der Waals surface area contributed by atoms with Gasteiger partial charge in [0.2, 0.25) is 0 Å². The van der Waals surface area contributed by atoms with Crippen LogP contribution in [0.1, 0.15) is 22.3 Å². The fourth-order valence-electron chi connectivity index (χ4n) is 3.28. The monoisotopic (exact) mass is 589 g/mol. The molecule has 0 atom stereocenters. The van der Waals surface area contributed by atoms with E-state index in [1.54, 1.807) is 18.2 Å². The minimum atomic E-state index is -0.308. The molecule has 4 rings (SSSR count). The van der Waals surface area contributed by atoms with Gasteiger partial charge in [-0.2, -0.15) is 0 Å². The number of halogens is 3. The highest BCUT2D eigenvalue weighted by molar-refractivity contribution is 9.11. The van der Waals surface area contributed by atoms with Gasteiger partial charge in [0, 0.05) is 0 Å². The third kappa shape index (κ3) is 5.57. The second-order valence-electron chi connectivity index (χ2n) is 7.42. The van der Waals surface area contributed by atoms with Crippen LogP contribution in [0.5, 0.6) is 5.75 Å². The van der Waals surface area contributed by atoms with Crippen molar-refractivity contribution in [1.82, 2.24) is 4.90 Å². The maximum atomic E-state index is 13.1. The molecule has 0 saturated carbocycles. The van der Waals surface area contributed by atoms with Crippen molar-refractivity contribution in [3.8, 4) is 5.75 Å². The molecule has 0 aromatic heterocycles. The van der Waals surface area contributed by atoms with Crippen LogP contribution < -0.4 is 4.74 Å². The van der Waals surface area contributed by atoms with E-state index in [1.165, 1.54) is 17.0 Å². The van der Waals surface area contributed by atoms with E-state index in [2.05, 4.69) is 31.9 Å². The molecule has 1 aliphatic rings. The third-order valence-electron chi connectivity index (χ3n) is 5.08. The van der Waals surface area contributed by atoms with Crippen LogP contribution in [0.25, 0.3) is 6.08 Å². The van der Waals surface area contributed by atoms with Gasteiger partial charge in [-0.3, -0.25) is 14.5 Å². The molecule has 0 radical (unpaired) electrons. The quantitative estimate of drug-likeness (QED) is 0.279. The van der Waals surface area contributed by atoms with Gasteiger partial charge in [-0.15, -0.1) is 0 Å². The van der Waals surface area contributed by atoms with Gasteiger partial charge in [0.15, 0.2) is 0 Å². The molecule has 33 heavy (non-hydrogen) atoms. The first-order valence-electron chi connectivity index (χ1n) is 9.98. The first-order chi connectivity index (χ1) is 15.8. The van der Waals surface area contributed by atoms with Gasteiger partial charge in [-0.05, 0) is 103 Å². The number of rotatable bonds is 6. The zero-order valence-electron chi connectivity index (χ0n) is 17.5. The van der Waals surface area contributed by atoms with E-state index < -0.39 is 0 Å². The molecule has 0 N–H and O–H groups in total. The topological polar surface area (TPSA) is 46.6 Å². The van der Waals surface area contributed by atoms with E-state index in [0.717, 1.165) is 34.0 Å². The number of benzene rings is 3. The average molecular weight is 591 g/mol. The molecule has 1 aliphatic heterocycles. The van der Waals surface area contributed by atoms with Crippen molar-refractivity contribution in [1.29, 1.82) is 0 Å². The molecule has 3 aromatic rings. The van der Waals surface area contributed by atoms with E-state index in [9.17, 15) is 14.0 Å². The molecule has 3 aromatic carbocycles. The summed E-state index contributed by atoms with van der Waals surface area (Å²) < 4.78 is 20.3. The molecule has 168 valence electrons. The number of thioether (sulfide) groups is 1. The van der Waals surface area contributed by atoms with E-state index in [0.29, 0.717) is 19.6 Å². The zero-order chi connectivity index (χ0) is 23.5. The second-order valence-corrected chi connectivity index (χ2v) is 10.1. The number of nitrogens with zero attached hydrogens (tertiary/aromatic N) is 1. The van der Waals surface area contributed by atoms with Crippen LogP contribution in [0.2, 0.25) is 0 Å². The van der Waals surface area contributed by atoms with Crippen molar-refractivity contribution in [2.24, 2.45) is 0 Å². The Balaban J connectivity index is 1.50. The van der Waals surface area contributed by atoms with Gasteiger partial charge >= 0.3 is 0 Å². The Morgan fingerprint density at radius 1 is 1.03 bits per heavy atom. The Hall–Kier alpha value is -2.42. The predicted molar refractivity (Wildman–Crippen MR) is 135 cm³/mol. The molecule has 0 spiro atoms. The first-order valence-corrected chi connectivity index (χ1v) is 12.4. The van der Waals surface area contributed by atoms with Crippen molar-refractivity contribution in [2.45, 2.75) is 20.1 Å². The average Bonchev–Trinajstić information content (AvgIpc) is 3.03. The fraction of sp³-hybridized carbons (Fsp3) is 0.120. The van der Waals surface area contributed by atoms with E-state index in [4.69, 9.17) is 4.74 Å². The third-order valence-corrected chi connectivity index (χ3v) is 7.16. The van der Waals surface area contributed by atoms with Gasteiger partial charge < -0.3 is 4.74 Å². The summed E-state index contributed by atoms with van der Waals surface area (Å²) in [4.78, 5) is 27.0. The lowest BCUT2D eigenvalue weighted by Crippen LogP contribution is -2.27. The first kappa shape index (κ1) is 23.7. The van der Waals surface area contributed by atoms with Crippen LogP contribution in [-0.4, -0.2) is 16.0 Å². The Bertz CT molecular complexity index is 1240. The summed E-state index contributed by atoms with van der Waals surface area (Å²) in [5.41, 5.74) is 3.55. The minimum Gasteiger partial charge on any atom is -0.487 e. The molecule has 0 unspecified atom stereocenters. The lowest BCUT2D eigenvalue weighted by Gasteiger charge is -2.14. The van der Waals surface area contributed by atoms with E-state index in [1.807, 2.05) is 43.3 Å². The Morgan fingerprint density at radius 3 is 2.36 bits per heavy atom. The summed E-state index contributed by atoms with van der Waals surface area (Å²) in [5.74, 6) is -0.0185. The van der Waals surface area contributed by atoms with E-state index >= 15 is 0 Å². The molecule has 1 saturated heterocycles. The molecule has 2 amide bonds. The number of imide groups is 1. The van der Waals surface area contributed by atoms with Crippen molar-refractivity contribution in [3.05, 3.63) is 103 Å². The number of aryl methyl sites for hydroxylation is 1. The fourth-order valence-corrected chi connectivity index (χ4v) is 5.57. The smallest absolute Gasteiger partial charge is 0.293 e. The summed E-state index contributed by atoms with van der Waals surface area (Å²) in [6, 6.07) is 17.4. The number of carbonyl (C=O) groups is 2. The zero-order valence-corrected chi connectivity index (χ0v) is 21.5. The lowest BCUT2D eigenvalue weighted by atomic mass is 10.1. The largest absolute Gasteiger partial charge is 0.487 e. The van der Waals surface area contributed by atoms with Crippen LogP contribution in [0, 0.1) is 12.7 Å². The molecule has 1 fully saturated rings. The van der Waals surface area contributed by atoms with Gasteiger partial charge in [0.25, 0.3) is 11.1 Å². The predicted octanol–water partition coefficient (Wildman–Crippen LogP) is 7.47. The molecular weight excluding hydrogens is 573 g/mol. The second kappa shape index (κ2) is 10.2. The summed E-state index contributed by atoms with van der Waals surface area (Å²) >= 11 is 7.95. The molecule has 0 aliphatic carbocycles. The van der Waals surface area contributed by atoms with Gasteiger partial charge in [-0.25, -0.2) is 4.39 Å². The SMILES string of the molecule is Cc1ccccc1CN1C(=O)S/C(=C\c2cc(Br)c(OCc3ccc(F)cc3)c(Br)c2)C1=O. The summed E-state index contributed by atoms with van der Waals surface area (Å²) in [5, 5.41) is -0.285. The highest BCUT2D eigenvalue weighted by Crippen LogP contribution is 2.38. The maximum absolute atomic E-state index is 13.1. The number of amides is 2. The lowest BCUT2D eigenvalue weighted by molar-refractivity contribution is -0.123. The summed E-state index contributed by atoms with van der Waals surface area (Å²) in [6.45, 7) is 2.48. The van der Waals surface area contributed by atoms with Crippen molar-refractivity contribution in [3.63, 3.8) is 0 Å². The van der Waals surface area contributed by atoms with Crippen LogP contribution in [0.3, 0.4) is 0 Å². The minimum absolute atomic E-state index is 0.248. The Kier molecular flexibility index (Phi) is 7.36. The summed E-state index contributed by atoms with van der Waals surface area (Å²) in [7, 11) is 0. The molecule has 8 heteroatoms. The van der Waals surface area contributed by atoms with Crippen molar-refractivity contribution < 1.29 is 18.7 Å². The summed E-state index contributed by atoms with van der Waals surface area (Å²) in [6.07, 6.45) is 1.70. The Morgan fingerprint density at radius 2 is 1.70 bits per heavy atom. The standard InChI is InChI=1S/C25H18Br2FNO3S/c1-15-4-2-3-5-18(15)13-29-24(30)22(33-25(29)31)12-17-10-20(26)23(21(27)11-17)32-14-16-6-8-19(28)9-7-16/h2-12H,13-14H2,1H3/b22-12-. The Labute approximate surface area is 212 Å². The highest BCUT2D eigenvalue weighted by atomic mass is 79.9. The molecule has 1 heterocycles. The molecule has 4 nitrogen and oxygen atoms in total. The van der Waals surface area contributed by atoms with Crippen LogP contribution in [0.4, 0.5) is 9.18 Å². The van der Waals surface area contributed by atoms with Crippen LogP contribution in [0.15, 0.2) is 74.5 Å². The maximum Gasteiger partial charge on any atom is 0.293 e.